The van der Waals surface area contributed by atoms with Crippen LogP contribution in [-0.4, -0.2) is 35.0 Å². The normalized spacial score (nSPS) is 19.0. The third kappa shape index (κ3) is 2.52. The standard InChI is InChI=1S/C12H11BrClNO3/c13-9-3-1-2-8(10(9)14)11(16)15-5-4-7(6-15)12(17)18/h1-3,7H,4-6H2,(H,17,18). The first-order valence-corrected chi connectivity index (χ1v) is 6.64. The number of carboxylic acids is 1. The first-order chi connectivity index (χ1) is 8.50. The zero-order chi connectivity index (χ0) is 13.3. The van der Waals surface area contributed by atoms with Crippen LogP contribution in [0.3, 0.4) is 0 Å². The number of benzene rings is 1. The summed E-state index contributed by atoms with van der Waals surface area (Å²) >= 11 is 9.32. The Morgan fingerprint density at radius 2 is 2.17 bits per heavy atom. The van der Waals surface area contributed by atoms with Gasteiger partial charge in [0.15, 0.2) is 0 Å². The van der Waals surface area contributed by atoms with E-state index in [4.69, 9.17) is 16.7 Å². The fraction of sp³-hybridized carbons (Fsp3) is 0.333. The van der Waals surface area contributed by atoms with Gasteiger partial charge in [0.05, 0.1) is 16.5 Å². The van der Waals surface area contributed by atoms with Crippen LogP contribution in [-0.2, 0) is 4.79 Å². The van der Waals surface area contributed by atoms with Gasteiger partial charge in [-0.2, -0.15) is 0 Å². The maximum atomic E-state index is 12.2. The number of carboxylic acid groups (broad SMARTS) is 1. The molecule has 1 saturated heterocycles. The minimum atomic E-state index is -0.856. The van der Waals surface area contributed by atoms with Gasteiger partial charge in [-0.3, -0.25) is 9.59 Å². The van der Waals surface area contributed by atoms with Crippen LogP contribution in [0.1, 0.15) is 16.8 Å². The second-order valence-electron chi connectivity index (χ2n) is 4.18. The lowest BCUT2D eigenvalue weighted by Crippen LogP contribution is -2.30. The van der Waals surface area contributed by atoms with E-state index in [0.29, 0.717) is 28.0 Å². The van der Waals surface area contributed by atoms with Crippen LogP contribution in [0.15, 0.2) is 22.7 Å². The van der Waals surface area contributed by atoms with Crippen LogP contribution in [0.5, 0.6) is 0 Å². The van der Waals surface area contributed by atoms with Gasteiger partial charge in [0.2, 0.25) is 0 Å². The summed E-state index contributed by atoms with van der Waals surface area (Å²) in [5.74, 6) is -1.55. The lowest BCUT2D eigenvalue weighted by atomic mass is 10.1. The molecule has 6 heteroatoms. The van der Waals surface area contributed by atoms with E-state index in [2.05, 4.69) is 15.9 Å². The highest BCUT2D eigenvalue weighted by molar-refractivity contribution is 9.10. The summed E-state index contributed by atoms with van der Waals surface area (Å²) in [4.78, 5) is 24.6. The van der Waals surface area contributed by atoms with Crippen LogP contribution in [0, 0.1) is 5.92 Å². The molecule has 1 fully saturated rings. The molecule has 0 saturated carbocycles. The molecule has 0 bridgehead atoms. The molecular weight excluding hydrogens is 321 g/mol. The monoisotopic (exact) mass is 331 g/mol. The zero-order valence-electron chi connectivity index (χ0n) is 9.40. The van der Waals surface area contributed by atoms with Gasteiger partial charge in [0, 0.05) is 17.6 Å². The second kappa shape index (κ2) is 5.28. The molecule has 1 aromatic carbocycles. The number of carbonyl (C=O) groups is 2. The van der Waals surface area contributed by atoms with E-state index in [-0.39, 0.29) is 12.5 Å². The fourth-order valence-corrected chi connectivity index (χ4v) is 2.56. The molecule has 1 aromatic rings. The molecule has 18 heavy (non-hydrogen) atoms. The Bertz CT molecular complexity index is 506. The van der Waals surface area contributed by atoms with Crippen molar-refractivity contribution in [3.63, 3.8) is 0 Å². The molecule has 0 radical (unpaired) electrons. The number of halogens is 2. The Hall–Kier alpha value is -1.07. The van der Waals surface area contributed by atoms with Crippen molar-refractivity contribution in [1.82, 2.24) is 4.90 Å². The van der Waals surface area contributed by atoms with Crippen molar-refractivity contribution in [2.45, 2.75) is 6.42 Å². The molecule has 96 valence electrons. The highest BCUT2D eigenvalue weighted by atomic mass is 79.9. The summed E-state index contributed by atoms with van der Waals surface area (Å²) in [7, 11) is 0. The molecule has 1 amide bonds. The van der Waals surface area contributed by atoms with Crippen molar-refractivity contribution in [3.8, 4) is 0 Å². The number of aliphatic carboxylic acids is 1. The number of hydrogen-bond acceptors (Lipinski definition) is 2. The van der Waals surface area contributed by atoms with Gasteiger partial charge in [-0.05, 0) is 34.5 Å². The Labute approximate surface area is 118 Å². The van der Waals surface area contributed by atoms with Crippen molar-refractivity contribution >= 4 is 39.4 Å². The molecule has 1 unspecified atom stereocenters. The highest BCUT2D eigenvalue weighted by Gasteiger charge is 2.32. The van der Waals surface area contributed by atoms with Gasteiger partial charge >= 0.3 is 5.97 Å². The van der Waals surface area contributed by atoms with E-state index in [1.165, 1.54) is 4.90 Å². The Kier molecular flexibility index (Phi) is 3.92. The molecule has 4 nitrogen and oxygen atoms in total. The van der Waals surface area contributed by atoms with Crippen molar-refractivity contribution in [2.75, 3.05) is 13.1 Å². The average molecular weight is 333 g/mol. The van der Waals surface area contributed by atoms with Crippen molar-refractivity contribution in [2.24, 2.45) is 5.92 Å². The summed E-state index contributed by atoms with van der Waals surface area (Å²) in [5.41, 5.74) is 0.400. The van der Waals surface area contributed by atoms with Crippen LogP contribution >= 0.6 is 27.5 Å². The number of hydrogen-bond donors (Lipinski definition) is 1. The van der Waals surface area contributed by atoms with Crippen LogP contribution < -0.4 is 0 Å². The van der Waals surface area contributed by atoms with Gasteiger partial charge in [0.1, 0.15) is 0 Å². The first-order valence-electron chi connectivity index (χ1n) is 5.47. The maximum Gasteiger partial charge on any atom is 0.308 e. The molecule has 1 atom stereocenters. The fourth-order valence-electron chi connectivity index (χ4n) is 1.99. The zero-order valence-corrected chi connectivity index (χ0v) is 11.7. The third-order valence-corrected chi connectivity index (χ3v) is 4.30. The Morgan fingerprint density at radius 1 is 1.44 bits per heavy atom. The average Bonchev–Trinajstić information content (AvgIpc) is 2.81. The minimum Gasteiger partial charge on any atom is -0.481 e. The number of nitrogens with zero attached hydrogens (tertiary/aromatic N) is 1. The minimum absolute atomic E-state index is 0.218. The molecule has 1 N–H and O–H groups in total. The quantitative estimate of drug-likeness (QED) is 0.906. The highest BCUT2D eigenvalue weighted by Crippen LogP contribution is 2.28. The van der Waals surface area contributed by atoms with E-state index >= 15 is 0 Å². The maximum absolute atomic E-state index is 12.2. The van der Waals surface area contributed by atoms with E-state index < -0.39 is 11.9 Å². The number of rotatable bonds is 2. The summed E-state index contributed by atoms with van der Waals surface area (Å²) in [5, 5.41) is 9.27. The molecule has 1 heterocycles. The van der Waals surface area contributed by atoms with E-state index in [1.54, 1.807) is 18.2 Å². The molecule has 0 aliphatic carbocycles. The molecule has 1 aliphatic heterocycles. The summed E-state index contributed by atoms with van der Waals surface area (Å²) in [6, 6.07) is 5.13. The van der Waals surface area contributed by atoms with Gasteiger partial charge in [-0.1, -0.05) is 17.7 Å². The third-order valence-electron chi connectivity index (χ3n) is 3.01. The van der Waals surface area contributed by atoms with Crippen LogP contribution in [0.2, 0.25) is 5.02 Å². The Balaban J connectivity index is 2.18. The van der Waals surface area contributed by atoms with E-state index in [1.807, 2.05) is 0 Å². The number of likely N-dealkylation sites (tertiary alicyclic amines) is 1. The molecule has 0 spiro atoms. The van der Waals surface area contributed by atoms with Gasteiger partial charge in [0.25, 0.3) is 5.91 Å². The number of amides is 1. The Morgan fingerprint density at radius 3 is 2.78 bits per heavy atom. The van der Waals surface area contributed by atoms with Crippen molar-refractivity contribution < 1.29 is 14.7 Å². The molecule has 2 rings (SSSR count). The first kappa shape index (κ1) is 13.4. The molecule has 1 aliphatic rings. The van der Waals surface area contributed by atoms with Gasteiger partial charge < -0.3 is 10.0 Å². The predicted molar refractivity (Wildman–Crippen MR) is 70.8 cm³/mol. The summed E-state index contributed by atoms with van der Waals surface area (Å²) in [6.45, 7) is 0.704. The molecular formula is C12H11BrClNO3. The lowest BCUT2D eigenvalue weighted by molar-refractivity contribution is -0.141. The topological polar surface area (TPSA) is 57.6 Å². The predicted octanol–water partition coefficient (Wildman–Crippen LogP) is 2.65. The van der Waals surface area contributed by atoms with Gasteiger partial charge in [-0.25, -0.2) is 0 Å². The van der Waals surface area contributed by atoms with Crippen LogP contribution in [0.25, 0.3) is 0 Å². The van der Waals surface area contributed by atoms with Gasteiger partial charge in [-0.15, -0.1) is 0 Å². The van der Waals surface area contributed by atoms with E-state index in [9.17, 15) is 9.59 Å². The summed E-state index contributed by atoms with van der Waals surface area (Å²) in [6.07, 6.45) is 0.493. The second-order valence-corrected chi connectivity index (χ2v) is 5.41. The van der Waals surface area contributed by atoms with E-state index in [0.717, 1.165) is 0 Å². The summed E-state index contributed by atoms with van der Waals surface area (Å²) < 4.78 is 0.656. The van der Waals surface area contributed by atoms with Crippen molar-refractivity contribution in [1.29, 1.82) is 0 Å². The van der Waals surface area contributed by atoms with Crippen molar-refractivity contribution in [3.05, 3.63) is 33.3 Å². The SMILES string of the molecule is O=C(O)C1CCN(C(=O)c2cccc(Br)c2Cl)C1. The molecule has 0 aromatic heterocycles. The van der Waals surface area contributed by atoms with Crippen LogP contribution in [0.4, 0.5) is 0 Å². The smallest absolute Gasteiger partial charge is 0.308 e. The largest absolute Gasteiger partial charge is 0.481 e. The number of carbonyl (C=O) groups excluding carboxylic acids is 1. The lowest BCUT2D eigenvalue weighted by Gasteiger charge is -2.16.